The summed E-state index contributed by atoms with van der Waals surface area (Å²) in [7, 11) is 0. The van der Waals surface area contributed by atoms with Crippen LogP contribution in [0, 0.1) is 0 Å². The third kappa shape index (κ3) is 5.80. The van der Waals surface area contributed by atoms with Crippen molar-refractivity contribution < 1.29 is 9.47 Å². The van der Waals surface area contributed by atoms with Gasteiger partial charge in [-0.05, 0) is 37.0 Å². The lowest BCUT2D eigenvalue weighted by Gasteiger charge is -2.19. The summed E-state index contributed by atoms with van der Waals surface area (Å²) >= 11 is 5.94. The fraction of sp³-hybridized carbons (Fsp3) is 0.625. The van der Waals surface area contributed by atoms with Crippen LogP contribution in [0.5, 0.6) is 0 Å². The van der Waals surface area contributed by atoms with Crippen LogP contribution in [-0.4, -0.2) is 32.4 Å². The van der Waals surface area contributed by atoms with E-state index in [4.69, 9.17) is 21.1 Å². The molecular weight excluding hydrogens is 274 g/mol. The molecule has 1 unspecified atom stereocenters. The standard InChI is InChI=1S/C16H24ClNO2/c1-2-9-19-10-11-20-16(12-18-15-7-8-15)13-3-5-14(17)6-4-13/h3-6,15-16,18H,2,7-12H2,1H3. The molecule has 4 heteroatoms. The van der Waals surface area contributed by atoms with Gasteiger partial charge in [0.1, 0.15) is 0 Å². The lowest BCUT2D eigenvalue weighted by Crippen LogP contribution is -2.26. The van der Waals surface area contributed by atoms with Gasteiger partial charge < -0.3 is 14.8 Å². The van der Waals surface area contributed by atoms with E-state index >= 15 is 0 Å². The Morgan fingerprint density at radius 2 is 1.95 bits per heavy atom. The van der Waals surface area contributed by atoms with Gasteiger partial charge in [-0.2, -0.15) is 0 Å². The molecule has 0 bridgehead atoms. The molecule has 1 aromatic rings. The molecular formula is C16H24ClNO2. The smallest absolute Gasteiger partial charge is 0.0950 e. The van der Waals surface area contributed by atoms with Gasteiger partial charge in [-0.1, -0.05) is 30.7 Å². The Kier molecular flexibility index (Phi) is 6.80. The molecule has 0 saturated heterocycles. The van der Waals surface area contributed by atoms with Crippen molar-refractivity contribution in [2.45, 2.75) is 38.3 Å². The van der Waals surface area contributed by atoms with Crippen LogP contribution < -0.4 is 5.32 Å². The molecule has 1 fully saturated rings. The number of hydrogen-bond acceptors (Lipinski definition) is 3. The zero-order chi connectivity index (χ0) is 14.2. The second-order valence-corrected chi connectivity index (χ2v) is 5.64. The Morgan fingerprint density at radius 3 is 2.60 bits per heavy atom. The van der Waals surface area contributed by atoms with Crippen LogP contribution in [0.2, 0.25) is 5.02 Å². The minimum Gasteiger partial charge on any atom is -0.379 e. The molecule has 1 aromatic carbocycles. The van der Waals surface area contributed by atoms with Crippen molar-refractivity contribution in [2.75, 3.05) is 26.4 Å². The first-order valence-electron chi connectivity index (χ1n) is 7.47. The first-order chi connectivity index (χ1) is 9.79. The van der Waals surface area contributed by atoms with E-state index in [-0.39, 0.29) is 6.10 Å². The van der Waals surface area contributed by atoms with E-state index < -0.39 is 0 Å². The Labute approximate surface area is 126 Å². The maximum absolute atomic E-state index is 5.96. The van der Waals surface area contributed by atoms with Crippen LogP contribution in [0.3, 0.4) is 0 Å². The van der Waals surface area contributed by atoms with Crippen molar-refractivity contribution in [2.24, 2.45) is 0 Å². The Hall–Kier alpha value is -0.610. The van der Waals surface area contributed by atoms with E-state index in [1.54, 1.807) is 0 Å². The predicted octanol–water partition coefficient (Wildman–Crippen LogP) is 3.58. The van der Waals surface area contributed by atoms with Crippen molar-refractivity contribution in [3.8, 4) is 0 Å². The van der Waals surface area contributed by atoms with Crippen LogP contribution in [0.25, 0.3) is 0 Å². The highest BCUT2D eigenvalue weighted by atomic mass is 35.5. The summed E-state index contributed by atoms with van der Waals surface area (Å²) in [6.07, 6.45) is 3.68. The molecule has 0 spiro atoms. The Balaban J connectivity index is 1.80. The van der Waals surface area contributed by atoms with Crippen molar-refractivity contribution in [3.05, 3.63) is 34.9 Å². The van der Waals surface area contributed by atoms with Crippen LogP contribution in [0.1, 0.15) is 37.9 Å². The highest BCUT2D eigenvalue weighted by Gasteiger charge is 2.22. The molecule has 0 radical (unpaired) electrons. The van der Waals surface area contributed by atoms with Crippen LogP contribution in [-0.2, 0) is 9.47 Å². The van der Waals surface area contributed by atoms with Crippen molar-refractivity contribution in [1.29, 1.82) is 0 Å². The van der Waals surface area contributed by atoms with Gasteiger partial charge in [-0.25, -0.2) is 0 Å². The maximum Gasteiger partial charge on any atom is 0.0950 e. The van der Waals surface area contributed by atoms with Crippen molar-refractivity contribution in [3.63, 3.8) is 0 Å². The van der Waals surface area contributed by atoms with E-state index in [1.807, 2.05) is 24.3 Å². The van der Waals surface area contributed by atoms with Crippen LogP contribution >= 0.6 is 11.6 Å². The third-order valence-electron chi connectivity index (χ3n) is 3.31. The molecule has 1 N–H and O–H groups in total. The summed E-state index contributed by atoms with van der Waals surface area (Å²) in [4.78, 5) is 0. The van der Waals surface area contributed by atoms with E-state index in [0.29, 0.717) is 19.3 Å². The molecule has 0 aliphatic heterocycles. The number of halogens is 1. The first-order valence-corrected chi connectivity index (χ1v) is 7.85. The minimum absolute atomic E-state index is 0.0677. The molecule has 3 nitrogen and oxygen atoms in total. The van der Waals surface area contributed by atoms with E-state index in [9.17, 15) is 0 Å². The average molecular weight is 298 g/mol. The fourth-order valence-corrected chi connectivity index (χ4v) is 2.13. The van der Waals surface area contributed by atoms with Gasteiger partial charge in [0.15, 0.2) is 0 Å². The van der Waals surface area contributed by atoms with Gasteiger partial charge >= 0.3 is 0 Å². The van der Waals surface area contributed by atoms with Gasteiger partial charge in [-0.3, -0.25) is 0 Å². The highest BCUT2D eigenvalue weighted by molar-refractivity contribution is 6.30. The summed E-state index contributed by atoms with van der Waals surface area (Å²) in [5.41, 5.74) is 1.16. The van der Waals surface area contributed by atoms with Crippen molar-refractivity contribution in [1.82, 2.24) is 5.32 Å². The van der Waals surface area contributed by atoms with Crippen molar-refractivity contribution >= 4 is 11.6 Å². The monoisotopic (exact) mass is 297 g/mol. The van der Waals surface area contributed by atoms with Gasteiger partial charge in [0.05, 0.1) is 19.3 Å². The third-order valence-corrected chi connectivity index (χ3v) is 3.56. The molecule has 20 heavy (non-hydrogen) atoms. The van der Waals surface area contributed by atoms with E-state index in [0.717, 1.165) is 30.2 Å². The number of benzene rings is 1. The van der Waals surface area contributed by atoms with Gasteiger partial charge in [0.2, 0.25) is 0 Å². The Morgan fingerprint density at radius 1 is 1.20 bits per heavy atom. The zero-order valence-electron chi connectivity index (χ0n) is 12.1. The number of rotatable bonds is 10. The largest absolute Gasteiger partial charge is 0.379 e. The quantitative estimate of drug-likeness (QED) is 0.670. The second-order valence-electron chi connectivity index (χ2n) is 5.21. The summed E-state index contributed by atoms with van der Waals surface area (Å²) in [5, 5.41) is 4.28. The number of nitrogens with one attached hydrogen (secondary N) is 1. The Bertz CT molecular complexity index is 379. The molecule has 1 aliphatic rings. The SMILES string of the molecule is CCCOCCOC(CNC1CC1)c1ccc(Cl)cc1. The molecule has 1 atom stereocenters. The summed E-state index contributed by atoms with van der Waals surface area (Å²) in [6, 6.07) is 8.59. The highest BCUT2D eigenvalue weighted by Crippen LogP contribution is 2.23. The van der Waals surface area contributed by atoms with Gasteiger partial charge in [0, 0.05) is 24.2 Å². The van der Waals surface area contributed by atoms with E-state index in [2.05, 4.69) is 12.2 Å². The summed E-state index contributed by atoms with van der Waals surface area (Å²) in [5.74, 6) is 0. The topological polar surface area (TPSA) is 30.5 Å². The zero-order valence-corrected chi connectivity index (χ0v) is 12.9. The normalized spacial score (nSPS) is 16.3. The maximum atomic E-state index is 5.96. The van der Waals surface area contributed by atoms with E-state index in [1.165, 1.54) is 12.8 Å². The summed E-state index contributed by atoms with van der Waals surface area (Å²) < 4.78 is 11.4. The van der Waals surface area contributed by atoms with Crippen LogP contribution in [0.4, 0.5) is 0 Å². The lowest BCUT2D eigenvalue weighted by molar-refractivity contribution is 0.00412. The summed E-state index contributed by atoms with van der Waals surface area (Å²) in [6.45, 7) is 5.04. The minimum atomic E-state index is 0.0677. The van der Waals surface area contributed by atoms with Crippen LogP contribution in [0.15, 0.2) is 24.3 Å². The van der Waals surface area contributed by atoms with Gasteiger partial charge in [0.25, 0.3) is 0 Å². The van der Waals surface area contributed by atoms with Gasteiger partial charge in [-0.15, -0.1) is 0 Å². The molecule has 1 aliphatic carbocycles. The molecule has 0 amide bonds. The molecule has 0 aromatic heterocycles. The number of ether oxygens (including phenoxy) is 2. The fourth-order valence-electron chi connectivity index (χ4n) is 2.01. The first kappa shape index (κ1) is 15.8. The molecule has 1 saturated carbocycles. The molecule has 0 heterocycles. The average Bonchev–Trinajstić information content (AvgIpc) is 3.27. The molecule has 112 valence electrons. The predicted molar refractivity (Wildman–Crippen MR) is 82.3 cm³/mol. The number of hydrogen-bond donors (Lipinski definition) is 1. The second kappa shape index (κ2) is 8.63. The molecule has 2 rings (SSSR count). The lowest BCUT2D eigenvalue weighted by atomic mass is 10.1.